The summed E-state index contributed by atoms with van der Waals surface area (Å²) in [6, 6.07) is 20.4. The van der Waals surface area contributed by atoms with Crippen LogP contribution in [0.3, 0.4) is 0 Å². The van der Waals surface area contributed by atoms with Gasteiger partial charge < -0.3 is 10.2 Å². The van der Waals surface area contributed by atoms with Gasteiger partial charge in [0.2, 0.25) is 11.8 Å². The molecule has 0 saturated heterocycles. The summed E-state index contributed by atoms with van der Waals surface area (Å²) in [4.78, 5) is 28.9. The van der Waals surface area contributed by atoms with Crippen molar-refractivity contribution in [2.24, 2.45) is 0 Å². The lowest BCUT2D eigenvalue weighted by atomic mass is 10.1. The van der Waals surface area contributed by atoms with Gasteiger partial charge in [0.05, 0.1) is 10.6 Å². The van der Waals surface area contributed by atoms with Crippen molar-refractivity contribution in [3.8, 4) is 0 Å². The lowest BCUT2D eigenvalue weighted by Gasteiger charge is -2.34. The third kappa shape index (κ3) is 7.47. The molecule has 0 unspecified atom stereocenters. The molecule has 3 aromatic rings. The average Bonchev–Trinajstić information content (AvgIpc) is 2.87. The molecule has 7 nitrogen and oxygen atoms in total. The van der Waals surface area contributed by atoms with Crippen molar-refractivity contribution < 1.29 is 18.0 Å². The fourth-order valence-corrected chi connectivity index (χ4v) is 6.13. The quantitative estimate of drug-likeness (QED) is 0.359. The van der Waals surface area contributed by atoms with E-state index in [1.54, 1.807) is 24.3 Å². The van der Waals surface area contributed by atoms with Crippen LogP contribution in [0.15, 0.2) is 77.7 Å². The predicted octanol–water partition coefficient (Wildman–Crippen LogP) is 5.14. The van der Waals surface area contributed by atoms with Crippen LogP contribution in [-0.2, 0) is 26.2 Å². The zero-order chi connectivity index (χ0) is 28.7. The molecule has 0 aliphatic rings. The maximum Gasteiger partial charge on any atom is 0.264 e. The molecule has 0 saturated carbocycles. The monoisotopic (exact) mass is 549 g/mol. The smallest absolute Gasteiger partial charge is 0.264 e. The predicted molar refractivity (Wildman–Crippen MR) is 156 cm³/mol. The number of aryl methyl sites for hydroxylation is 3. The Morgan fingerprint density at radius 3 is 2.13 bits per heavy atom. The molecule has 1 atom stereocenters. The number of amides is 2. The van der Waals surface area contributed by atoms with Crippen LogP contribution in [-0.4, -0.2) is 43.8 Å². The summed E-state index contributed by atoms with van der Waals surface area (Å²) >= 11 is 0. The second kappa shape index (κ2) is 12.9. The number of hydrogen-bond donors (Lipinski definition) is 1. The molecule has 208 valence electrons. The molecule has 8 heteroatoms. The topological polar surface area (TPSA) is 86.8 Å². The van der Waals surface area contributed by atoms with Crippen molar-refractivity contribution in [2.75, 3.05) is 10.8 Å². The van der Waals surface area contributed by atoms with Crippen molar-refractivity contribution >= 4 is 27.5 Å². The molecule has 0 aromatic heterocycles. The highest BCUT2D eigenvalue weighted by molar-refractivity contribution is 7.92. The lowest BCUT2D eigenvalue weighted by Crippen LogP contribution is -2.53. The van der Waals surface area contributed by atoms with E-state index < -0.39 is 28.5 Å². The molecule has 0 heterocycles. The lowest BCUT2D eigenvalue weighted by molar-refractivity contribution is -0.140. The van der Waals surface area contributed by atoms with Crippen LogP contribution in [0.5, 0.6) is 0 Å². The van der Waals surface area contributed by atoms with Crippen molar-refractivity contribution in [2.45, 2.75) is 71.5 Å². The Balaban J connectivity index is 2.09. The van der Waals surface area contributed by atoms with Gasteiger partial charge >= 0.3 is 0 Å². The van der Waals surface area contributed by atoms with E-state index in [-0.39, 0.29) is 23.4 Å². The van der Waals surface area contributed by atoms with Crippen LogP contribution in [0, 0.1) is 20.8 Å². The second-order valence-corrected chi connectivity index (χ2v) is 12.1. The first-order valence-corrected chi connectivity index (χ1v) is 14.7. The molecular formula is C31H39N3O4S. The van der Waals surface area contributed by atoms with Gasteiger partial charge in [-0.15, -0.1) is 0 Å². The normalized spacial score (nSPS) is 12.2. The average molecular weight is 550 g/mol. The molecular weight excluding hydrogens is 510 g/mol. The Bertz CT molecular complexity index is 1400. The molecule has 39 heavy (non-hydrogen) atoms. The highest BCUT2D eigenvalue weighted by Crippen LogP contribution is 2.28. The summed E-state index contributed by atoms with van der Waals surface area (Å²) in [7, 11) is -4.08. The molecule has 0 bridgehead atoms. The third-order valence-electron chi connectivity index (χ3n) is 6.48. The zero-order valence-electron chi connectivity index (χ0n) is 23.6. The molecule has 0 radical (unpaired) electrons. The third-order valence-corrected chi connectivity index (χ3v) is 8.26. The van der Waals surface area contributed by atoms with E-state index in [9.17, 15) is 18.0 Å². The summed E-state index contributed by atoms with van der Waals surface area (Å²) in [6.45, 7) is 11.0. The highest BCUT2D eigenvalue weighted by Gasteiger charge is 2.34. The summed E-state index contributed by atoms with van der Waals surface area (Å²) in [5.41, 5.74) is 4.04. The maximum absolute atomic E-state index is 14.1. The molecule has 2 amide bonds. The fourth-order valence-electron chi connectivity index (χ4n) is 4.63. The number of rotatable bonds is 11. The molecule has 0 aliphatic carbocycles. The van der Waals surface area contributed by atoms with E-state index in [1.165, 1.54) is 17.0 Å². The summed E-state index contributed by atoms with van der Waals surface area (Å²) in [5, 5.41) is 2.92. The van der Waals surface area contributed by atoms with E-state index in [2.05, 4.69) is 5.32 Å². The van der Waals surface area contributed by atoms with Crippen molar-refractivity contribution in [3.63, 3.8) is 0 Å². The van der Waals surface area contributed by atoms with Gasteiger partial charge in [-0.2, -0.15) is 0 Å². The number of nitrogens with one attached hydrogen (secondary N) is 1. The molecule has 3 aromatic carbocycles. The van der Waals surface area contributed by atoms with Gasteiger partial charge in [0.1, 0.15) is 12.6 Å². The Morgan fingerprint density at radius 1 is 0.872 bits per heavy atom. The van der Waals surface area contributed by atoms with Gasteiger partial charge in [0.15, 0.2) is 0 Å². The van der Waals surface area contributed by atoms with E-state index in [0.29, 0.717) is 12.1 Å². The van der Waals surface area contributed by atoms with Gasteiger partial charge in [-0.05, 0) is 70.4 Å². The van der Waals surface area contributed by atoms with Crippen LogP contribution < -0.4 is 9.62 Å². The minimum Gasteiger partial charge on any atom is -0.352 e. The Morgan fingerprint density at radius 2 is 1.54 bits per heavy atom. The molecule has 0 fully saturated rings. The van der Waals surface area contributed by atoms with Gasteiger partial charge in [-0.25, -0.2) is 8.42 Å². The second-order valence-electron chi connectivity index (χ2n) is 10.2. The summed E-state index contributed by atoms with van der Waals surface area (Å²) in [5.74, 6) is -0.723. The summed E-state index contributed by atoms with van der Waals surface area (Å²) in [6.07, 6.45) is 0.380. The maximum atomic E-state index is 14.1. The number of hydrogen-bond acceptors (Lipinski definition) is 4. The number of carbonyl (C=O) groups excluding carboxylic acids is 2. The molecule has 1 N–H and O–H groups in total. The standard InChI is InChI=1S/C31H39N3O4S/c1-7-28(31(36)32-22(2)3)33(20-26-13-11-12-23(4)19-26)30(35)21-34(29-17-16-24(5)18-25(29)6)39(37,38)27-14-9-8-10-15-27/h8-19,22,28H,7,20-21H2,1-6H3,(H,32,36)/t28-/m0/s1. The van der Waals surface area contributed by atoms with Crippen LogP contribution in [0.2, 0.25) is 0 Å². The van der Waals surface area contributed by atoms with Crippen LogP contribution in [0.25, 0.3) is 0 Å². The SMILES string of the molecule is CC[C@@H](C(=O)NC(C)C)N(Cc1cccc(C)c1)C(=O)CN(c1ccc(C)cc1C)S(=O)(=O)c1ccccc1. The van der Waals surface area contributed by atoms with Crippen molar-refractivity contribution in [1.82, 2.24) is 10.2 Å². The van der Waals surface area contributed by atoms with Crippen LogP contribution in [0.1, 0.15) is 49.4 Å². The van der Waals surface area contributed by atoms with E-state index in [1.807, 2.05) is 77.9 Å². The summed E-state index contributed by atoms with van der Waals surface area (Å²) < 4.78 is 29.0. The first-order valence-electron chi connectivity index (χ1n) is 13.2. The van der Waals surface area contributed by atoms with Crippen molar-refractivity contribution in [3.05, 3.63) is 95.1 Å². The van der Waals surface area contributed by atoms with E-state index in [4.69, 9.17) is 0 Å². The van der Waals surface area contributed by atoms with E-state index >= 15 is 0 Å². The molecule has 3 rings (SSSR count). The minimum absolute atomic E-state index is 0.0904. The van der Waals surface area contributed by atoms with Crippen molar-refractivity contribution in [1.29, 1.82) is 0 Å². The molecule has 0 spiro atoms. The number of carbonyl (C=O) groups is 2. The Labute approximate surface area is 232 Å². The van der Waals surface area contributed by atoms with Gasteiger partial charge in [0, 0.05) is 12.6 Å². The fraction of sp³-hybridized carbons (Fsp3) is 0.355. The molecule has 0 aliphatic heterocycles. The van der Waals surface area contributed by atoms with E-state index in [0.717, 1.165) is 26.6 Å². The highest BCUT2D eigenvalue weighted by atomic mass is 32.2. The number of anilines is 1. The van der Waals surface area contributed by atoms with Gasteiger partial charge in [-0.3, -0.25) is 13.9 Å². The first kappa shape index (κ1) is 29.9. The van der Waals surface area contributed by atoms with Crippen LogP contribution in [0.4, 0.5) is 5.69 Å². The Hall–Kier alpha value is -3.65. The zero-order valence-corrected chi connectivity index (χ0v) is 24.5. The number of sulfonamides is 1. The number of nitrogens with zero attached hydrogens (tertiary/aromatic N) is 2. The largest absolute Gasteiger partial charge is 0.352 e. The number of benzene rings is 3. The first-order chi connectivity index (χ1) is 18.4. The van der Waals surface area contributed by atoms with Gasteiger partial charge in [-0.1, -0.05) is 72.6 Å². The minimum atomic E-state index is -4.08. The van der Waals surface area contributed by atoms with Crippen LogP contribution >= 0.6 is 0 Å². The van der Waals surface area contributed by atoms with Gasteiger partial charge in [0.25, 0.3) is 10.0 Å². The Kier molecular flexibility index (Phi) is 9.92.